The van der Waals surface area contributed by atoms with Crippen LogP contribution in [0.25, 0.3) is 0 Å². The molecule has 0 aliphatic heterocycles. The fraction of sp³-hybridized carbons (Fsp3) is 0.500. The molecule has 16 heavy (non-hydrogen) atoms. The molecule has 0 amide bonds. The van der Waals surface area contributed by atoms with Gasteiger partial charge in [0.05, 0.1) is 12.3 Å². The molecule has 1 unspecified atom stereocenters. The van der Waals surface area contributed by atoms with Crippen LogP contribution < -0.4 is 16.0 Å². The molecule has 0 spiro atoms. The maximum absolute atomic E-state index is 5.58. The van der Waals surface area contributed by atoms with Crippen LogP contribution in [0.3, 0.4) is 0 Å². The lowest BCUT2D eigenvalue weighted by molar-refractivity contribution is 0.240. The first-order valence-electron chi connectivity index (χ1n) is 5.43. The predicted octanol–water partition coefficient (Wildman–Crippen LogP) is 1.50. The summed E-state index contributed by atoms with van der Waals surface area (Å²) in [6, 6.07) is 7.96. The van der Waals surface area contributed by atoms with Gasteiger partial charge in [0.25, 0.3) is 0 Å². The van der Waals surface area contributed by atoms with Crippen LogP contribution in [-0.2, 0) is 0 Å². The van der Waals surface area contributed by atoms with E-state index in [4.69, 9.17) is 10.6 Å². The molecule has 0 aliphatic rings. The zero-order valence-electron chi connectivity index (χ0n) is 10.4. The Labute approximate surface area is 97.4 Å². The molecule has 1 aromatic rings. The number of ether oxygens (including phenoxy) is 1. The van der Waals surface area contributed by atoms with Gasteiger partial charge < -0.3 is 4.74 Å². The lowest BCUT2D eigenvalue weighted by Gasteiger charge is -2.23. The molecule has 0 aromatic heterocycles. The van der Waals surface area contributed by atoms with Crippen molar-refractivity contribution in [2.45, 2.75) is 26.1 Å². The Morgan fingerprint density at radius 1 is 1.19 bits per heavy atom. The van der Waals surface area contributed by atoms with E-state index in [1.54, 1.807) is 0 Å². The van der Waals surface area contributed by atoms with Crippen molar-refractivity contribution in [2.24, 2.45) is 5.84 Å². The maximum atomic E-state index is 5.58. The van der Waals surface area contributed by atoms with Gasteiger partial charge in [-0.2, -0.15) is 0 Å². The van der Waals surface area contributed by atoms with Crippen LogP contribution in [0.15, 0.2) is 24.3 Å². The van der Waals surface area contributed by atoms with E-state index in [-0.39, 0.29) is 12.3 Å². The van der Waals surface area contributed by atoms with E-state index in [0.717, 1.165) is 11.3 Å². The Morgan fingerprint density at radius 3 is 2.12 bits per heavy atom. The third-order valence-corrected chi connectivity index (χ3v) is 2.24. The standard InChI is InChI=1S/C12H21N3O/c1-9(2)16-11-7-5-10(6-8-11)12(14-13)15(3)4/h5-9,12,14H,13H2,1-4H3. The average molecular weight is 223 g/mol. The van der Waals surface area contributed by atoms with E-state index in [0.29, 0.717) is 0 Å². The summed E-state index contributed by atoms with van der Waals surface area (Å²) in [5.74, 6) is 6.38. The minimum Gasteiger partial charge on any atom is -0.491 e. The van der Waals surface area contributed by atoms with Gasteiger partial charge in [-0.1, -0.05) is 12.1 Å². The number of hydrogen-bond donors (Lipinski definition) is 2. The maximum Gasteiger partial charge on any atom is 0.119 e. The molecule has 4 nitrogen and oxygen atoms in total. The molecule has 1 aromatic carbocycles. The van der Waals surface area contributed by atoms with E-state index < -0.39 is 0 Å². The molecule has 1 atom stereocenters. The first-order valence-corrected chi connectivity index (χ1v) is 5.43. The Morgan fingerprint density at radius 2 is 1.75 bits per heavy atom. The molecule has 0 bridgehead atoms. The molecule has 1 rings (SSSR count). The van der Waals surface area contributed by atoms with Crippen molar-refractivity contribution in [3.8, 4) is 5.75 Å². The fourth-order valence-corrected chi connectivity index (χ4v) is 1.54. The number of nitrogens with two attached hydrogens (primary N) is 1. The normalized spacial score (nSPS) is 13.2. The van der Waals surface area contributed by atoms with Gasteiger partial charge in [0.2, 0.25) is 0 Å². The predicted molar refractivity (Wildman–Crippen MR) is 66.0 cm³/mol. The van der Waals surface area contributed by atoms with Crippen LogP contribution in [-0.4, -0.2) is 25.1 Å². The molecule has 0 aliphatic carbocycles. The van der Waals surface area contributed by atoms with Crippen molar-refractivity contribution in [2.75, 3.05) is 14.1 Å². The second-order valence-electron chi connectivity index (χ2n) is 4.27. The van der Waals surface area contributed by atoms with E-state index in [2.05, 4.69) is 5.43 Å². The number of rotatable bonds is 5. The van der Waals surface area contributed by atoms with Crippen LogP contribution in [0.2, 0.25) is 0 Å². The topological polar surface area (TPSA) is 50.5 Å². The van der Waals surface area contributed by atoms with Gasteiger partial charge in [0.15, 0.2) is 0 Å². The van der Waals surface area contributed by atoms with Gasteiger partial charge >= 0.3 is 0 Å². The van der Waals surface area contributed by atoms with Crippen molar-refractivity contribution < 1.29 is 4.74 Å². The minimum absolute atomic E-state index is 0.0214. The lowest BCUT2D eigenvalue weighted by atomic mass is 10.1. The lowest BCUT2D eigenvalue weighted by Crippen LogP contribution is -2.37. The van der Waals surface area contributed by atoms with Gasteiger partial charge in [-0.25, -0.2) is 5.43 Å². The summed E-state index contributed by atoms with van der Waals surface area (Å²) in [7, 11) is 3.95. The van der Waals surface area contributed by atoms with Crippen molar-refractivity contribution >= 4 is 0 Å². The summed E-state index contributed by atoms with van der Waals surface area (Å²) in [5.41, 5.74) is 3.88. The van der Waals surface area contributed by atoms with Crippen molar-refractivity contribution in [3.63, 3.8) is 0 Å². The molecule has 4 heteroatoms. The first kappa shape index (κ1) is 13.0. The first-order chi connectivity index (χ1) is 7.54. The van der Waals surface area contributed by atoms with Crippen LogP contribution in [0.1, 0.15) is 25.6 Å². The second kappa shape index (κ2) is 5.84. The number of hydrogen-bond acceptors (Lipinski definition) is 4. The quantitative estimate of drug-likeness (QED) is 0.451. The van der Waals surface area contributed by atoms with Gasteiger partial charge in [-0.15, -0.1) is 0 Å². The molecular weight excluding hydrogens is 202 g/mol. The fourth-order valence-electron chi connectivity index (χ4n) is 1.54. The third kappa shape index (κ3) is 3.48. The summed E-state index contributed by atoms with van der Waals surface area (Å²) < 4.78 is 5.58. The van der Waals surface area contributed by atoms with Crippen LogP contribution in [0.4, 0.5) is 0 Å². The number of nitrogens with zero attached hydrogens (tertiary/aromatic N) is 1. The molecular formula is C12H21N3O. The third-order valence-electron chi connectivity index (χ3n) is 2.24. The number of hydrazine groups is 1. The van der Waals surface area contributed by atoms with Crippen LogP contribution in [0.5, 0.6) is 5.75 Å². The Balaban J connectivity index is 2.77. The second-order valence-corrected chi connectivity index (χ2v) is 4.27. The van der Waals surface area contributed by atoms with E-state index >= 15 is 0 Å². The summed E-state index contributed by atoms with van der Waals surface area (Å²) in [5, 5.41) is 0. The Bertz CT molecular complexity index is 309. The highest BCUT2D eigenvalue weighted by atomic mass is 16.5. The number of benzene rings is 1. The summed E-state index contributed by atoms with van der Waals surface area (Å²) in [4.78, 5) is 2.01. The molecule has 0 fully saturated rings. The van der Waals surface area contributed by atoms with E-state index in [9.17, 15) is 0 Å². The van der Waals surface area contributed by atoms with Crippen LogP contribution >= 0.6 is 0 Å². The molecule has 90 valence electrons. The van der Waals surface area contributed by atoms with Crippen LogP contribution in [0, 0.1) is 0 Å². The molecule has 0 saturated carbocycles. The van der Waals surface area contributed by atoms with Crippen molar-refractivity contribution in [1.82, 2.24) is 10.3 Å². The van der Waals surface area contributed by atoms with Crippen molar-refractivity contribution in [1.29, 1.82) is 0 Å². The summed E-state index contributed by atoms with van der Waals surface area (Å²) >= 11 is 0. The average Bonchev–Trinajstić information content (AvgIpc) is 2.20. The van der Waals surface area contributed by atoms with Gasteiger partial charge in [-0.3, -0.25) is 10.7 Å². The molecule has 0 saturated heterocycles. The van der Waals surface area contributed by atoms with Gasteiger partial charge in [0, 0.05) is 0 Å². The summed E-state index contributed by atoms with van der Waals surface area (Å²) in [6.45, 7) is 4.02. The summed E-state index contributed by atoms with van der Waals surface area (Å²) in [6.07, 6.45) is 0.219. The minimum atomic E-state index is 0.0214. The highest BCUT2D eigenvalue weighted by molar-refractivity contribution is 5.29. The van der Waals surface area contributed by atoms with Crippen molar-refractivity contribution in [3.05, 3.63) is 29.8 Å². The zero-order chi connectivity index (χ0) is 12.1. The van der Waals surface area contributed by atoms with E-state index in [1.807, 2.05) is 57.1 Å². The monoisotopic (exact) mass is 223 g/mol. The number of nitrogens with one attached hydrogen (secondary N) is 1. The zero-order valence-corrected chi connectivity index (χ0v) is 10.4. The Kier molecular flexibility index (Phi) is 4.73. The molecule has 3 N–H and O–H groups in total. The largest absolute Gasteiger partial charge is 0.491 e. The molecule has 0 radical (unpaired) electrons. The SMILES string of the molecule is CC(C)Oc1ccc(C(NN)N(C)C)cc1. The van der Waals surface area contributed by atoms with E-state index in [1.165, 1.54) is 0 Å². The Hall–Kier alpha value is -1.10. The smallest absolute Gasteiger partial charge is 0.119 e. The molecule has 0 heterocycles. The van der Waals surface area contributed by atoms with Gasteiger partial charge in [-0.05, 0) is 45.6 Å². The highest BCUT2D eigenvalue weighted by Gasteiger charge is 2.11. The highest BCUT2D eigenvalue weighted by Crippen LogP contribution is 2.19. The van der Waals surface area contributed by atoms with Gasteiger partial charge in [0.1, 0.15) is 5.75 Å².